The van der Waals surface area contributed by atoms with Gasteiger partial charge in [-0.05, 0) is 44.4 Å². The maximum atomic E-state index is 11.2. The van der Waals surface area contributed by atoms with Crippen LogP contribution in [-0.4, -0.2) is 41.8 Å². The number of aryl methyl sites for hydroxylation is 1. The van der Waals surface area contributed by atoms with Crippen molar-refractivity contribution in [1.29, 1.82) is 0 Å². The van der Waals surface area contributed by atoms with Gasteiger partial charge in [0.25, 0.3) is 0 Å². The molecule has 3 heteroatoms. The predicted octanol–water partition coefficient (Wildman–Crippen LogP) is 2.54. The molecule has 3 rings (SSSR count). The Morgan fingerprint density at radius 1 is 1.35 bits per heavy atom. The molecule has 0 spiro atoms. The Labute approximate surface area is 121 Å². The molecule has 2 unspecified atom stereocenters. The van der Waals surface area contributed by atoms with E-state index in [1.165, 1.54) is 18.4 Å². The smallest absolute Gasteiger partial charge is 0.122 e. The fraction of sp³-hybridized carbons (Fsp3) is 0.647. The van der Waals surface area contributed by atoms with Crippen LogP contribution in [0.15, 0.2) is 18.2 Å². The van der Waals surface area contributed by atoms with Crippen molar-refractivity contribution in [1.82, 2.24) is 4.90 Å². The lowest BCUT2D eigenvalue weighted by Crippen LogP contribution is -2.48. The van der Waals surface area contributed by atoms with Crippen molar-refractivity contribution in [2.24, 2.45) is 0 Å². The number of rotatable bonds is 3. The highest BCUT2D eigenvalue weighted by atomic mass is 16.5. The number of methoxy groups -OCH3 is 1. The largest absolute Gasteiger partial charge is 0.496 e. The summed E-state index contributed by atoms with van der Waals surface area (Å²) in [6.07, 6.45) is 5.24. The minimum absolute atomic E-state index is 0.335. The van der Waals surface area contributed by atoms with Crippen LogP contribution in [0, 0.1) is 6.92 Å². The summed E-state index contributed by atoms with van der Waals surface area (Å²) in [5, 5.41) is 11.2. The van der Waals surface area contributed by atoms with Crippen molar-refractivity contribution in [2.75, 3.05) is 20.2 Å². The van der Waals surface area contributed by atoms with Crippen molar-refractivity contribution in [3.8, 4) is 5.75 Å². The van der Waals surface area contributed by atoms with Crippen LogP contribution < -0.4 is 4.74 Å². The van der Waals surface area contributed by atoms with Crippen molar-refractivity contribution < 1.29 is 9.84 Å². The van der Waals surface area contributed by atoms with Gasteiger partial charge in [0.2, 0.25) is 0 Å². The highest BCUT2D eigenvalue weighted by Gasteiger charge is 2.46. The second-order valence-corrected chi connectivity index (χ2v) is 6.39. The molecule has 0 bridgehead atoms. The molecule has 3 nitrogen and oxygen atoms in total. The quantitative estimate of drug-likeness (QED) is 0.920. The van der Waals surface area contributed by atoms with Gasteiger partial charge in [-0.2, -0.15) is 0 Å². The Morgan fingerprint density at radius 2 is 2.20 bits per heavy atom. The molecule has 2 atom stereocenters. The second-order valence-electron chi connectivity index (χ2n) is 6.39. The predicted molar refractivity (Wildman–Crippen MR) is 80.2 cm³/mol. The second kappa shape index (κ2) is 5.38. The molecular formula is C17H25NO2. The van der Waals surface area contributed by atoms with Crippen LogP contribution in [0.5, 0.6) is 5.75 Å². The van der Waals surface area contributed by atoms with Crippen LogP contribution in [0.2, 0.25) is 0 Å². The molecule has 1 aromatic rings. The summed E-state index contributed by atoms with van der Waals surface area (Å²) in [5.74, 6) is 0.901. The Morgan fingerprint density at radius 3 is 3.00 bits per heavy atom. The van der Waals surface area contributed by atoms with E-state index in [0.717, 1.165) is 37.2 Å². The molecular weight excluding hydrogens is 250 g/mol. The molecule has 2 fully saturated rings. The monoisotopic (exact) mass is 275 g/mol. The third-order valence-corrected chi connectivity index (χ3v) is 5.00. The van der Waals surface area contributed by atoms with Crippen LogP contribution in [0.25, 0.3) is 0 Å². The molecule has 1 N–H and O–H groups in total. The molecule has 20 heavy (non-hydrogen) atoms. The van der Waals surface area contributed by atoms with E-state index >= 15 is 0 Å². The number of benzene rings is 1. The van der Waals surface area contributed by atoms with Gasteiger partial charge in [0.1, 0.15) is 5.75 Å². The van der Waals surface area contributed by atoms with Gasteiger partial charge in [0, 0.05) is 19.0 Å². The minimum atomic E-state index is -0.582. The van der Waals surface area contributed by atoms with Gasteiger partial charge in [-0.25, -0.2) is 0 Å². The van der Waals surface area contributed by atoms with E-state index in [9.17, 15) is 5.11 Å². The molecule has 0 radical (unpaired) electrons. The normalized spacial score (nSPS) is 30.2. The molecule has 0 saturated carbocycles. The van der Waals surface area contributed by atoms with Gasteiger partial charge < -0.3 is 9.84 Å². The number of ether oxygens (including phenoxy) is 1. The Bertz CT molecular complexity index is 488. The third kappa shape index (κ3) is 2.45. The van der Waals surface area contributed by atoms with Gasteiger partial charge in [0.15, 0.2) is 0 Å². The van der Waals surface area contributed by atoms with Gasteiger partial charge >= 0.3 is 0 Å². The summed E-state index contributed by atoms with van der Waals surface area (Å²) in [6, 6.07) is 6.57. The number of nitrogens with zero attached hydrogens (tertiary/aromatic N) is 1. The highest BCUT2D eigenvalue weighted by molar-refractivity contribution is 5.38. The summed E-state index contributed by atoms with van der Waals surface area (Å²) in [5.41, 5.74) is 1.78. The Balaban J connectivity index is 1.84. The molecule has 2 aliphatic rings. The Hall–Kier alpha value is -1.06. The fourth-order valence-electron chi connectivity index (χ4n) is 3.95. The number of hydrogen-bond acceptors (Lipinski definition) is 3. The third-order valence-electron chi connectivity index (χ3n) is 5.00. The van der Waals surface area contributed by atoms with Gasteiger partial charge in [-0.3, -0.25) is 4.90 Å². The first-order valence-corrected chi connectivity index (χ1v) is 7.72. The zero-order valence-corrected chi connectivity index (χ0v) is 12.6. The maximum absolute atomic E-state index is 11.2. The van der Waals surface area contributed by atoms with E-state index in [-0.39, 0.29) is 0 Å². The first-order chi connectivity index (χ1) is 9.62. The molecule has 0 amide bonds. The Kier molecular flexibility index (Phi) is 3.74. The van der Waals surface area contributed by atoms with E-state index in [2.05, 4.69) is 24.0 Å². The average Bonchev–Trinajstić information content (AvgIpc) is 2.77. The first-order valence-electron chi connectivity index (χ1n) is 7.72. The molecule has 1 aromatic carbocycles. The SMILES string of the molecule is COc1ccc(C)cc1CC1(O)CCN2CCCCC21. The molecule has 2 saturated heterocycles. The van der Waals surface area contributed by atoms with Crippen molar-refractivity contribution >= 4 is 0 Å². The maximum Gasteiger partial charge on any atom is 0.122 e. The van der Waals surface area contributed by atoms with Crippen LogP contribution >= 0.6 is 0 Å². The molecule has 2 heterocycles. The summed E-state index contributed by atoms with van der Waals surface area (Å²) >= 11 is 0. The summed E-state index contributed by atoms with van der Waals surface area (Å²) < 4.78 is 5.47. The molecule has 2 aliphatic heterocycles. The van der Waals surface area contributed by atoms with Crippen molar-refractivity contribution in [2.45, 2.75) is 50.7 Å². The van der Waals surface area contributed by atoms with Crippen molar-refractivity contribution in [3.63, 3.8) is 0 Å². The van der Waals surface area contributed by atoms with E-state index in [4.69, 9.17) is 4.74 Å². The topological polar surface area (TPSA) is 32.7 Å². The van der Waals surface area contributed by atoms with E-state index < -0.39 is 5.60 Å². The number of aliphatic hydroxyl groups is 1. The lowest BCUT2D eigenvalue weighted by atomic mass is 9.83. The molecule has 0 aliphatic carbocycles. The van der Waals surface area contributed by atoms with Crippen LogP contribution in [0.1, 0.15) is 36.8 Å². The van der Waals surface area contributed by atoms with Crippen LogP contribution in [0.4, 0.5) is 0 Å². The number of hydrogen-bond donors (Lipinski definition) is 1. The highest BCUT2D eigenvalue weighted by Crippen LogP contribution is 2.38. The summed E-state index contributed by atoms with van der Waals surface area (Å²) in [7, 11) is 1.71. The van der Waals surface area contributed by atoms with E-state index in [0.29, 0.717) is 12.5 Å². The van der Waals surface area contributed by atoms with E-state index in [1.807, 2.05) is 6.07 Å². The lowest BCUT2D eigenvalue weighted by Gasteiger charge is -2.37. The standard InChI is InChI=1S/C17H25NO2/c1-13-6-7-15(20-2)14(11-13)12-17(19)8-10-18-9-4-3-5-16(17)18/h6-7,11,16,19H,3-5,8-10,12H2,1-2H3. The van der Waals surface area contributed by atoms with Crippen LogP contribution in [-0.2, 0) is 6.42 Å². The first kappa shape index (κ1) is 13.9. The summed E-state index contributed by atoms with van der Waals surface area (Å²) in [4.78, 5) is 2.48. The van der Waals surface area contributed by atoms with Crippen LogP contribution in [0.3, 0.4) is 0 Å². The van der Waals surface area contributed by atoms with E-state index in [1.54, 1.807) is 7.11 Å². The number of piperidine rings is 1. The molecule has 0 aromatic heterocycles. The van der Waals surface area contributed by atoms with Gasteiger partial charge in [-0.1, -0.05) is 24.1 Å². The minimum Gasteiger partial charge on any atom is -0.496 e. The molecule has 110 valence electrons. The lowest BCUT2D eigenvalue weighted by molar-refractivity contribution is -0.00922. The fourth-order valence-corrected chi connectivity index (χ4v) is 3.95. The van der Waals surface area contributed by atoms with Gasteiger partial charge in [0.05, 0.1) is 12.7 Å². The zero-order valence-electron chi connectivity index (χ0n) is 12.6. The van der Waals surface area contributed by atoms with Gasteiger partial charge in [-0.15, -0.1) is 0 Å². The zero-order chi connectivity index (χ0) is 14.2. The summed E-state index contributed by atoms with van der Waals surface area (Å²) in [6.45, 7) is 4.28. The average molecular weight is 275 g/mol. The van der Waals surface area contributed by atoms with Crippen molar-refractivity contribution in [3.05, 3.63) is 29.3 Å². The number of fused-ring (bicyclic) bond motifs is 1.